The van der Waals surface area contributed by atoms with Crippen molar-refractivity contribution in [2.75, 3.05) is 13.1 Å². The molecule has 1 aromatic rings. The minimum atomic E-state index is -4.33. The van der Waals surface area contributed by atoms with Crippen LogP contribution in [-0.2, 0) is 11.0 Å². The molecule has 1 aromatic heterocycles. The summed E-state index contributed by atoms with van der Waals surface area (Å²) < 4.78 is 40.0. The van der Waals surface area contributed by atoms with Crippen molar-refractivity contribution < 1.29 is 18.0 Å². The highest BCUT2D eigenvalue weighted by molar-refractivity contribution is 5.81. The standard InChI is InChI=1S/C15H21F3N2O/c1-14(2,3)13(21)19-9-6-11(7-10-19)20-8-4-5-12(20)15(16,17)18/h4-5,8,11H,6-7,9-10H2,1-3H3. The van der Waals surface area contributed by atoms with Gasteiger partial charge in [0, 0.05) is 30.7 Å². The van der Waals surface area contributed by atoms with Crippen LogP contribution in [-0.4, -0.2) is 28.5 Å². The lowest BCUT2D eigenvalue weighted by atomic mass is 9.93. The number of likely N-dealkylation sites (tertiary alicyclic amines) is 1. The Kier molecular flexibility index (Phi) is 4.08. The van der Waals surface area contributed by atoms with Crippen LogP contribution in [0.25, 0.3) is 0 Å². The van der Waals surface area contributed by atoms with Gasteiger partial charge in [-0.1, -0.05) is 20.8 Å². The van der Waals surface area contributed by atoms with E-state index in [2.05, 4.69) is 0 Å². The molecule has 2 rings (SSSR count). The van der Waals surface area contributed by atoms with E-state index in [4.69, 9.17) is 0 Å². The number of nitrogens with zero attached hydrogens (tertiary/aromatic N) is 2. The van der Waals surface area contributed by atoms with Gasteiger partial charge in [-0.05, 0) is 25.0 Å². The van der Waals surface area contributed by atoms with Crippen molar-refractivity contribution in [1.29, 1.82) is 0 Å². The molecule has 0 atom stereocenters. The van der Waals surface area contributed by atoms with Gasteiger partial charge in [-0.15, -0.1) is 0 Å². The van der Waals surface area contributed by atoms with Crippen LogP contribution in [0.3, 0.4) is 0 Å². The zero-order chi connectivity index (χ0) is 15.8. The van der Waals surface area contributed by atoms with E-state index >= 15 is 0 Å². The number of rotatable bonds is 1. The predicted molar refractivity (Wildman–Crippen MR) is 73.7 cm³/mol. The SMILES string of the molecule is CC(C)(C)C(=O)N1CCC(n2cccc2C(F)(F)F)CC1. The number of piperidine rings is 1. The molecular formula is C15H21F3N2O. The summed E-state index contributed by atoms with van der Waals surface area (Å²) in [5, 5.41) is 0. The van der Waals surface area contributed by atoms with Gasteiger partial charge in [-0.2, -0.15) is 13.2 Å². The summed E-state index contributed by atoms with van der Waals surface area (Å²) in [6.45, 7) is 6.59. The van der Waals surface area contributed by atoms with Crippen LogP contribution < -0.4 is 0 Å². The fraction of sp³-hybridized carbons (Fsp3) is 0.667. The van der Waals surface area contributed by atoms with Gasteiger partial charge in [0.25, 0.3) is 0 Å². The van der Waals surface area contributed by atoms with Gasteiger partial charge in [-0.3, -0.25) is 4.79 Å². The van der Waals surface area contributed by atoms with E-state index in [1.807, 2.05) is 20.8 Å². The molecule has 1 fully saturated rings. The van der Waals surface area contributed by atoms with Crippen LogP contribution in [0, 0.1) is 5.41 Å². The first kappa shape index (κ1) is 15.9. The number of hydrogen-bond donors (Lipinski definition) is 0. The molecule has 1 aliphatic rings. The molecule has 1 aliphatic heterocycles. The molecule has 3 nitrogen and oxygen atoms in total. The second-order valence-corrected chi connectivity index (χ2v) is 6.57. The molecule has 2 heterocycles. The lowest BCUT2D eigenvalue weighted by Crippen LogP contribution is -2.44. The van der Waals surface area contributed by atoms with Crippen LogP contribution in [0.2, 0.25) is 0 Å². The number of alkyl halides is 3. The Balaban J connectivity index is 2.06. The normalized spacial score (nSPS) is 18.1. The van der Waals surface area contributed by atoms with E-state index in [1.165, 1.54) is 16.8 Å². The minimum Gasteiger partial charge on any atom is -0.342 e. The Hall–Kier alpha value is -1.46. The summed E-state index contributed by atoms with van der Waals surface area (Å²) in [7, 11) is 0. The smallest absolute Gasteiger partial charge is 0.342 e. The van der Waals surface area contributed by atoms with Crippen molar-refractivity contribution in [1.82, 2.24) is 9.47 Å². The summed E-state index contributed by atoms with van der Waals surface area (Å²) in [5.74, 6) is 0.0597. The van der Waals surface area contributed by atoms with Crippen LogP contribution in [0.1, 0.15) is 45.3 Å². The zero-order valence-electron chi connectivity index (χ0n) is 12.6. The molecule has 1 amide bonds. The lowest BCUT2D eigenvalue weighted by molar-refractivity contribution is -0.146. The minimum absolute atomic E-state index is 0.0597. The highest BCUT2D eigenvalue weighted by Gasteiger charge is 2.37. The molecule has 0 aliphatic carbocycles. The highest BCUT2D eigenvalue weighted by Crippen LogP contribution is 2.34. The highest BCUT2D eigenvalue weighted by atomic mass is 19.4. The fourth-order valence-electron chi connectivity index (χ4n) is 2.77. The number of amides is 1. The van der Waals surface area contributed by atoms with E-state index in [0.717, 1.165) is 6.07 Å². The molecule has 21 heavy (non-hydrogen) atoms. The molecule has 0 N–H and O–H groups in total. The molecule has 0 spiro atoms. The Morgan fingerprint density at radius 3 is 2.24 bits per heavy atom. The van der Waals surface area contributed by atoms with Gasteiger partial charge >= 0.3 is 6.18 Å². The van der Waals surface area contributed by atoms with Crippen molar-refractivity contribution in [3.63, 3.8) is 0 Å². The van der Waals surface area contributed by atoms with E-state index < -0.39 is 17.3 Å². The van der Waals surface area contributed by atoms with Gasteiger partial charge in [-0.25, -0.2) is 0 Å². The summed E-state index contributed by atoms with van der Waals surface area (Å²) in [6, 6.07) is 2.34. The van der Waals surface area contributed by atoms with Gasteiger partial charge in [0.2, 0.25) is 5.91 Å². The maximum absolute atomic E-state index is 12.9. The van der Waals surface area contributed by atoms with Crippen molar-refractivity contribution in [2.45, 2.75) is 45.8 Å². The van der Waals surface area contributed by atoms with Gasteiger partial charge in [0.15, 0.2) is 0 Å². The van der Waals surface area contributed by atoms with E-state index in [0.29, 0.717) is 25.9 Å². The number of carbonyl (C=O) groups is 1. The van der Waals surface area contributed by atoms with Crippen LogP contribution in [0.4, 0.5) is 13.2 Å². The number of carbonyl (C=O) groups excluding carboxylic acids is 1. The van der Waals surface area contributed by atoms with Crippen molar-refractivity contribution >= 4 is 5.91 Å². The van der Waals surface area contributed by atoms with Gasteiger partial charge < -0.3 is 9.47 Å². The van der Waals surface area contributed by atoms with Crippen molar-refractivity contribution in [3.8, 4) is 0 Å². The van der Waals surface area contributed by atoms with Crippen LogP contribution in [0.5, 0.6) is 0 Å². The topological polar surface area (TPSA) is 25.2 Å². The van der Waals surface area contributed by atoms with Gasteiger partial charge in [0.05, 0.1) is 0 Å². The molecule has 0 radical (unpaired) electrons. The average molecular weight is 302 g/mol. The molecule has 1 saturated heterocycles. The quantitative estimate of drug-likeness (QED) is 0.776. The van der Waals surface area contributed by atoms with E-state index in [-0.39, 0.29) is 11.9 Å². The summed E-state index contributed by atoms with van der Waals surface area (Å²) in [6.07, 6.45) is -1.74. The predicted octanol–water partition coefficient (Wildman–Crippen LogP) is 3.72. The van der Waals surface area contributed by atoms with Crippen LogP contribution >= 0.6 is 0 Å². The van der Waals surface area contributed by atoms with E-state index in [1.54, 1.807) is 4.90 Å². The third-order valence-corrected chi connectivity index (χ3v) is 3.86. The Morgan fingerprint density at radius 1 is 1.19 bits per heavy atom. The maximum atomic E-state index is 12.9. The zero-order valence-corrected chi connectivity index (χ0v) is 12.6. The number of aromatic nitrogens is 1. The lowest BCUT2D eigenvalue weighted by Gasteiger charge is -2.36. The monoisotopic (exact) mass is 302 g/mol. The number of hydrogen-bond acceptors (Lipinski definition) is 1. The fourth-order valence-corrected chi connectivity index (χ4v) is 2.77. The molecular weight excluding hydrogens is 281 g/mol. The van der Waals surface area contributed by atoms with Crippen LogP contribution in [0.15, 0.2) is 18.3 Å². The largest absolute Gasteiger partial charge is 0.431 e. The molecule has 6 heteroatoms. The average Bonchev–Trinajstić information content (AvgIpc) is 2.86. The molecule has 0 saturated carbocycles. The summed E-state index contributed by atoms with van der Waals surface area (Å²) in [5.41, 5.74) is -1.06. The Labute approximate surface area is 122 Å². The van der Waals surface area contributed by atoms with E-state index in [9.17, 15) is 18.0 Å². The second-order valence-electron chi connectivity index (χ2n) is 6.57. The first-order chi connectivity index (χ1) is 9.60. The molecule has 0 unspecified atom stereocenters. The van der Waals surface area contributed by atoms with Gasteiger partial charge in [0.1, 0.15) is 5.69 Å². The van der Waals surface area contributed by atoms with Crippen molar-refractivity contribution in [3.05, 3.63) is 24.0 Å². The maximum Gasteiger partial charge on any atom is 0.431 e. The summed E-state index contributed by atoms with van der Waals surface area (Å²) in [4.78, 5) is 13.9. The van der Waals surface area contributed by atoms with Crippen molar-refractivity contribution in [2.24, 2.45) is 5.41 Å². The Bertz CT molecular complexity index is 506. The molecule has 0 aromatic carbocycles. The summed E-state index contributed by atoms with van der Waals surface area (Å²) >= 11 is 0. The second kappa shape index (κ2) is 5.39. The molecule has 118 valence electrons. The Morgan fingerprint density at radius 2 is 1.76 bits per heavy atom. The third-order valence-electron chi connectivity index (χ3n) is 3.86. The first-order valence-corrected chi connectivity index (χ1v) is 7.14. The molecule has 0 bridgehead atoms. The number of halogens is 3. The first-order valence-electron chi connectivity index (χ1n) is 7.14. The third kappa shape index (κ3) is 3.41.